The van der Waals surface area contributed by atoms with Crippen LogP contribution in [0, 0.1) is 23.8 Å². The molecule has 0 N–H and O–H groups in total. The van der Waals surface area contributed by atoms with Gasteiger partial charge in [-0.1, -0.05) is 31.2 Å². The molecule has 0 bridgehead atoms. The lowest BCUT2D eigenvalue weighted by molar-refractivity contribution is 0.104. The lowest BCUT2D eigenvalue weighted by atomic mass is 9.91. The van der Waals surface area contributed by atoms with Crippen molar-refractivity contribution in [1.29, 1.82) is 0 Å². The highest BCUT2D eigenvalue weighted by Crippen LogP contribution is 2.48. The minimum absolute atomic E-state index is 0.724. The number of aromatic nitrogens is 2. The molecule has 0 spiro atoms. The fraction of sp³-hybridized carbons (Fsp3) is 0.545. The number of hydrogen-bond acceptors (Lipinski definition) is 4. The van der Waals surface area contributed by atoms with E-state index in [4.69, 9.17) is 4.74 Å². The average Bonchev–Trinajstić information content (AvgIpc) is 3.49. The molecule has 2 atom stereocenters. The van der Waals surface area contributed by atoms with Crippen molar-refractivity contribution < 1.29 is 4.74 Å². The number of aryl methyl sites for hydroxylation is 1. The molecule has 2 fully saturated rings. The number of hydrogen-bond donors (Lipinski definition) is 0. The van der Waals surface area contributed by atoms with Gasteiger partial charge >= 0.3 is 0 Å². The van der Waals surface area contributed by atoms with Gasteiger partial charge in [-0.3, -0.25) is 0 Å². The molecule has 1 aliphatic carbocycles. The van der Waals surface area contributed by atoms with E-state index in [-0.39, 0.29) is 0 Å². The van der Waals surface area contributed by atoms with Gasteiger partial charge in [0, 0.05) is 25.5 Å². The Balaban J connectivity index is 1.18. The van der Waals surface area contributed by atoms with Gasteiger partial charge in [0.15, 0.2) is 0 Å². The molecule has 2 heterocycles. The van der Waals surface area contributed by atoms with Gasteiger partial charge in [-0.05, 0) is 60.6 Å². The molecule has 1 aliphatic heterocycles. The van der Waals surface area contributed by atoms with E-state index in [1.54, 1.807) is 0 Å². The summed E-state index contributed by atoms with van der Waals surface area (Å²) in [6.45, 7) is 5.94. The molecule has 1 aromatic heterocycles. The third-order valence-corrected chi connectivity index (χ3v) is 5.89. The molecule has 1 aromatic carbocycles. The van der Waals surface area contributed by atoms with Gasteiger partial charge in [0.1, 0.15) is 0 Å². The Bertz CT molecular complexity index is 680. The Kier molecular flexibility index (Phi) is 5.49. The number of benzene rings is 1. The van der Waals surface area contributed by atoms with Gasteiger partial charge in [-0.2, -0.15) is 0 Å². The van der Waals surface area contributed by atoms with Crippen molar-refractivity contribution in [1.82, 2.24) is 9.97 Å². The third-order valence-electron chi connectivity index (χ3n) is 5.89. The number of ether oxygens (including phenoxy) is 1. The topological polar surface area (TPSA) is 38.2 Å². The molecule has 1 saturated heterocycles. The van der Waals surface area contributed by atoms with Gasteiger partial charge in [0.05, 0.1) is 13.2 Å². The molecule has 2 aromatic rings. The van der Waals surface area contributed by atoms with E-state index < -0.39 is 0 Å². The highest BCUT2D eigenvalue weighted by molar-refractivity contribution is 5.30. The van der Waals surface area contributed by atoms with Gasteiger partial charge in [0.25, 0.3) is 0 Å². The maximum atomic E-state index is 5.93. The number of rotatable bonds is 7. The molecule has 1 saturated carbocycles. The SMILES string of the molecule is CCc1cnc(N2CCC([C@H]3C[C@H]3COCc3cc[c]cc3)CC2)nc1. The van der Waals surface area contributed by atoms with Crippen molar-refractivity contribution in [3.8, 4) is 0 Å². The summed E-state index contributed by atoms with van der Waals surface area (Å²) < 4.78 is 5.93. The first-order chi connectivity index (χ1) is 12.8. The Morgan fingerprint density at radius 2 is 1.85 bits per heavy atom. The summed E-state index contributed by atoms with van der Waals surface area (Å²) in [6, 6.07) is 11.1. The standard InChI is InChI=1S/C22H28N3O/c1-2-17-13-23-22(24-14-17)25-10-8-19(9-11-25)21-12-20(21)16-26-15-18-6-4-3-5-7-18/h4-7,13-14,19-21H,2,8-12,15-16H2,1H3/t20-,21+/m0/s1. The molecular weight excluding hydrogens is 322 g/mol. The molecule has 4 nitrogen and oxygen atoms in total. The van der Waals surface area contributed by atoms with Crippen LogP contribution in [-0.4, -0.2) is 29.7 Å². The van der Waals surface area contributed by atoms with E-state index in [2.05, 4.69) is 40.0 Å². The molecule has 0 amide bonds. The minimum Gasteiger partial charge on any atom is -0.376 e. The number of piperidine rings is 1. The zero-order chi connectivity index (χ0) is 17.8. The van der Waals surface area contributed by atoms with E-state index in [9.17, 15) is 0 Å². The second-order valence-electron chi connectivity index (χ2n) is 7.65. The van der Waals surface area contributed by atoms with Gasteiger partial charge < -0.3 is 9.64 Å². The van der Waals surface area contributed by atoms with E-state index in [1.165, 1.54) is 30.4 Å². The molecule has 137 valence electrons. The first-order valence-electron chi connectivity index (χ1n) is 9.92. The van der Waals surface area contributed by atoms with Gasteiger partial charge in [-0.15, -0.1) is 0 Å². The first kappa shape index (κ1) is 17.5. The molecule has 4 rings (SSSR count). The fourth-order valence-corrected chi connectivity index (χ4v) is 4.11. The Hall–Kier alpha value is -1.94. The highest BCUT2D eigenvalue weighted by atomic mass is 16.5. The second kappa shape index (κ2) is 8.17. The van der Waals surface area contributed by atoms with Crippen LogP contribution in [0.25, 0.3) is 0 Å². The van der Waals surface area contributed by atoms with Crippen molar-refractivity contribution in [2.24, 2.45) is 17.8 Å². The van der Waals surface area contributed by atoms with E-state index in [1.807, 2.05) is 24.5 Å². The quantitative estimate of drug-likeness (QED) is 0.759. The molecule has 1 radical (unpaired) electrons. The Labute approximate surface area is 156 Å². The van der Waals surface area contributed by atoms with Crippen LogP contribution in [0.15, 0.2) is 36.7 Å². The summed E-state index contributed by atoms with van der Waals surface area (Å²) in [5.74, 6) is 3.38. The predicted octanol–water partition coefficient (Wildman–Crippen LogP) is 3.91. The largest absolute Gasteiger partial charge is 0.376 e. The predicted molar refractivity (Wildman–Crippen MR) is 103 cm³/mol. The van der Waals surface area contributed by atoms with E-state index in [0.29, 0.717) is 0 Å². The van der Waals surface area contributed by atoms with E-state index >= 15 is 0 Å². The van der Waals surface area contributed by atoms with Crippen LogP contribution in [0.3, 0.4) is 0 Å². The zero-order valence-electron chi connectivity index (χ0n) is 15.6. The van der Waals surface area contributed by atoms with Crippen LogP contribution >= 0.6 is 0 Å². The second-order valence-corrected chi connectivity index (χ2v) is 7.65. The lowest BCUT2D eigenvalue weighted by Crippen LogP contribution is -2.35. The third kappa shape index (κ3) is 4.24. The minimum atomic E-state index is 0.724. The number of nitrogens with zero attached hydrogens (tertiary/aromatic N) is 3. The van der Waals surface area contributed by atoms with Crippen molar-refractivity contribution >= 4 is 5.95 Å². The normalized spacial score (nSPS) is 23.2. The number of anilines is 1. The van der Waals surface area contributed by atoms with E-state index in [0.717, 1.165) is 56.4 Å². The summed E-state index contributed by atoms with van der Waals surface area (Å²) in [7, 11) is 0. The van der Waals surface area contributed by atoms with Crippen molar-refractivity contribution in [2.75, 3.05) is 24.6 Å². The maximum absolute atomic E-state index is 5.93. The van der Waals surface area contributed by atoms with Crippen molar-refractivity contribution in [3.05, 3.63) is 53.9 Å². The van der Waals surface area contributed by atoms with Crippen molar-refractivity contribution in [2.45, 2.75) is 39.2 Å². The van der Waals surface area contributed by atoms with Crippen LogP contribution in [0.4, 0.5) is 5.95 Å². The molecule has 2 aliphatic rings. The highest BCUT2D eigenvalue weighted by Gasteiger charge is 2.43. The summed E-state index contributed by atoms with van der Waals surface area (Å²) in [5.41, 5.74) is 2.45. The van der Waals surface area contributed by atoms with Crippen LogP contribution in [0.5, 0.6) is 0 Å². The van der Waals surface area contributed by atoms with Crippen LogP contribution in [0.1, 0.15) is 37.3 Å². The fourth-order valence-electron chi connectivity index (χ4n) is 4.11. The van der Waals surface area contributed by atoms with Gasteiger partial charge in [0.2, 0.25) is 5.95 Å². The lowest BCUT2D eigenvalue weighted by Gasteiger charge is -2.32. The maximum Gasteiger partial charge on any atom is 0.225 e. The summed E-state index contributed by atoms with van der Waals surface area (Å²) in [5, 5.41) is 0. The Morgan fingerprint density at radius 1 is 1.12 bits per heavy atom. The molecule has 4 heteroatoms. The summed E-state index contributed by atoms with van der Waals surface area (Å²) >= 11 is 0. The molecule has 0 unspecified atom stereocenters. The summed E-state index contributed by atoms with van der Waals surface area (Å²) in [4.78, 5) is 11.4. The van der Waals surface area contributed by atoms with Crippen molar-refractivity contribution in [3.63, 3.8) is 0 Å². The zero-order valence-corrected chi connectivity index (χ0v) is 15.6. The monoisotopic (exact) mass is 350 g/mol. The average molecular weight is 350 g/mol. The van der Waals surface area contributed by atoms with Crippen LogP contribution in [-0.2, 0) is 17.8 Å². The van der Waals surface area contributed by atoms with Gasteiger partial charge in [-0.25, -0.2) is 9.97 Å². The Morgan fingerprint density at radius 3 is 2.54 bits per heavy atom. The van der Waals surface area contributed by atoms with Crippen LogP contribution in [0.2, 0.25) is 0 Å². The summed E-state index contributed by atoms with van der Waals surface area (Å²) in [6.07, 6.45) is 8.79. The van der Waals surface area contributed by atoms with Crippen LogP contribution < -0.4 is 4.90 Å². The molecular formula is C22H28N3O. The molecule has 26 heavy (non-hydrogen) atoms. The first-order valence-corrected chi connectivity index (χ1v) is 9.92. The smallest absolute Gasteiger partial charge is 0.225 e.